The molecular weight excluding hydrogens is 298 g/mol. The molecule has 2 aromatic carbocycles. The van der Waals surface area contributed by atoms with E-state index >= 15 is 0 Å². The van der Waals surface area contributed by atoms with E-state index in [1.165, 1.54) is 11.1 Å². The van der Waals surface area contributed by atoms with Crippen molar-refractivity contribution in [3.8, 4) is 0 Å². The highest BCUT2D eigenvalue weighted by molar-refractivity contribution is 5.62. The highest BCUT2D eigenvalue weighted by atomic mass is 15.3. The third kappa shape index (κ3) is 3.68. The number of aromatic nitrogens is 3. The molecule has 3 rings (SSSR count). The van der Waals surface area contributed by atoms with E-state index in [-0.39, 0.29) is 0 Å². The van der Waals surface area contributed by atoms with E-state index in [9.17, 15) is 0 Å². The Kier molecular flexibility index (Phi) is 4.70. The number of anilines is 4. The fraction of sp³-hybridized carbons (Fsp3) is 0.211. The van der Waals surface area contributed by atoms with Crippen LogP contribution in [0.1, 0.15) is 18.1 Å². The number of aryl methyl sites for hydroxylation is 2. The lowest BCUT2D eigenvalue weighted by Crippen LogP contribution is -2.18. The zero-order chi connectivity index (χ0) is 16.9. The van der Waals surface area contributed by atoms with Gasteiger partial charge < -0.3 is 10.2 Å². The van der Waals surface area contributed by atoms with Crippen molar-refractivity contribution in [2.75, 3.05) is 16.8 Å². The maximum absolute atomic E-state index is 4.61. The van der Waals surface area contributed by atoms with Gasteiger partial charge in [0.05, 0.1) is 6.20 Å². The second-order valence-corrected chi connectivity index (χ2v) is 5.71. The fourth-order valence-corrected chi connectivity index (χ4v) is 2.52. The predicted octanol–water partition coefficient (Wildman–Crippen LogP) is 4.39. The van der Waals surface area contributed by atoms with Crippen molar-refractivity contribution in [2.24, 2.45) is 0 Å². The van der Waals surface area contributed by atoms with Crippen LogP contribution in [0.4, 0.5) is 23.1 Å². The summed E-state index contributed by atoms with van der Waals surface area (Å²) >= 11 is 0. The largest absolute Gasteiger partial charge is 0.325 e. The SMILES string of the molecule is CCN(c1cccc(C)c1)c1cnnc(Nc2ccc(C)cc2)n1. The third-order valence-electron chi connectivity index (χ3n) is 3.76. The Morgan fingerprint density at radius 3 is 2.50 bits per heavy atom. The quantitative estimate of drug-likeness (QED) is 0.756. The van der Waals surface area contributed by atoms with E-state index in [1.807, 2.05) is 30.3 Å². The molecule has 3 aromatic rings. The molecule has 0 radical (unpaired) electrons. The van der Waals surface area contributed by atoms with Crippen molar-refractivity contribution in [1.82, 2.24) is 15.2 Å². The summed E-state index contributed by atoms with van der Waals surface area (Å²) < 4.78 is 0. The Labute approximate surface area is 142 Å². The summed E-state index contributed by atoms with van der Waals surface area (Å²) in [5.74, 6) is 1.26. The highest BCUT2D eigenvalue weighted by Crippen LogP contribution is 2.24. The standard InChI is InChI=1S/C19H21N5/c1-4-24(17-7-5-6-15(3)12-17)18-13-20-23-19(22-18)21-16-10-8-14(2)9-11-16/h5-13H,4H2,1-3H3,(H,21,22,23). The molecule has 5 nitrogen and oxygen atoms in total. The van der Waals surface area contributed by atoms with Crippen LogP contribution in [-0.4, -0.2) is 21.7 Å². The van der Waals surface area contributed by atoms with Crippen molar-refractivity contribution in [3.63, 3.8) is 0 Å². The fourth-order valence-electron chi connectivity index (χ4n) is 2.52. The minimum Gasteiger partial charge on any atom is -0.325 e. The van der Waals surface area contributed by atoms with Gasteiger partial charge in [-0.3, -0.25) is 0 Å². The number of nitrogens with one attached hydrogen (secondary N) is 1. The molecule has 0 unspecified atom stereocenters. The summed E-state index contributed by atoms with van der Waals surface area (Å²) in [6.45, 7) is 7.03. The number of hydrogen-bond donors (Lipinski definition) is 1. The van der Waals surface area contributed by atoms with Crippen LogP contribution < -0.4 is 10.2 Å². The Bertz CT molecular complexity index is 814. The van der Waals surface area contributed by atoms with Gasteiger partial charge in [-0.2, -0.15) is 10.1 Å². The molecule has 0 amide bonds. The first-order chi connectivity index (χ1) is 11.7. The van der Waals surface area contributed by atoms with Gasteiger partial charge in [0.15, 0.2) is 5.82 Å². The van der Waals surface area contributed by atoms with Crippen molar-refractivity contribution >= 4 is 23.1 Å². The van der Waals surface area contributed by atoms with Gasteiger partial charge in [-0.15, -0.1) is 5.10 Å². The molecule has 24 heavy (non-hydrogen) atoms. The second-order valence-electron chi connectivity index (χ2n) is 5.71. The lowest BCUT2D eigenvalue weighted by atomic mass is 10.2. The average molecular weight is 319 g/mol. The first-order valence-corrected chi connectivity index (χ1v) is 8.03. The van der Waals surface area contributed by atoms with E-state index < -0.39 is 0 Å². The lowest BCUT2D eigenvalue weighted by molar-refractivity contribution is 0.921. The number of rotatable bonds is 5. The summed E-state index contributed by atoms with van der Waals surface area (Å²) in [6.07, 6.45) is 1.69. The van der Waals surface area contributed by atoms with Crippen LogP contribution in [0.2, 0.25) is 0 Å². The van der Waals surface area contributed by atoms with Crippen molar-refractivity contribution in [2.45, 2.75) is 20.8 Å². The van der Waals surface area contributed by atoms with Crippen molar-refractivity contribution < 1.29 is 0 Å². The van der Waals surface area contributed by atoms with Crippen LogP contribution >= 0.6 is 0 Å². The van der Waals surface area contributed by atoms with Crippen molar-refractivity contribution in [1.29, 1.82) is 0 Å². The van der Waals surface area contributed by atoms with E-state index in [1.54, 1.807) is 6.20 Å². The van der Waals surface area contributed by atoms with Gasteiger partial charge in [-0.1, -0.05) is 29.8 Å². The first kappa shape index (κ1) is 15.9. The van der Waals surface area contributed by atoms with Crippen LogP contribution in [0.5, 0.6) is 0 Å². The zero-order valence-corrected chi connectivity index (χ0v) is 14.2. The molecule has 0 spiro atoms. The van der Waals surface area contributed by atoms with E-state index in [2.05, 4.69) is 64.4 Å². The molecule has 122 valence electrons. The van der Waals surface area contributed by atoms with Gasteiger partial charge in [0, 0.05) is 17.9 Å². The molecule has 0 aliphatic heterocycles. The van der Waals surface area contributed by atoms with E-state index in [0.717, 1.165) is 23.7 Å². The molecule has 0 fully saturated rings. The Morgan fingerprint density at radius 1 is 1.00 bits per heavy atom. The summed E-state index contributed by atoms with van der Waals surface area (Å²) in [4.78, 5) is 6.72. The Morgan fingerprint density at radius 2 is 1.79 bits per heavy atom. The molecule has 1 heterocycles. The molecule has 0 aliphatic carbocycles. The maximum Gasteiger partial charge on any atom is 0.249 e. The molecule has 0 bridgehead atoms. The third-order valence-corrected chi connectivity index (χ3v) is 3.76. The van der Waals surface area contributed by atoms with Crippen LogP contribution in [-0.2, 0) is 0 Å². The van der Waals surface area contributed by atoms with Gasteiger partial charge in [-0.05, 0) is 50.6 Å². The molecule has 0 saturated carbocycles. The van der Waals surface area contributed by atoms with Crippen LogP contribution in [0.15, 0.2) is 54.7 Å². The summed E-state index contributed by atoms with van der Waals surface area (Å²) in [7, 11) is 0. The Hall–Kier alpha value is -2.95. The molecule has 0 saturated heterocycles. The molecule has 1 aromatic heterocycles. The van der Waals surface area contributed by atoms with Crippen LogP contribution in [0.25, 0.3) is 0 Å². The van der Waals surface area contributed by atoms with Crippen LogP contribution in [0, 0.1) is 13.8 Å². The lowest BCUT2D eigenvalue weighted by Gasteiger charge is -2.22. The van der Waals surface area contributed by atoms with Gasteiger partial charge in [0.2, 0.25) is 5.95 Å². The normalized spacial score (nSPS) is 10.5. The average Bonchev–Trinajstić information content (AvgIpc) is 2.58. The van der Waals surface area contributed by atoms with E-state index in [0.29, 0.717) is 5.95 Å². The topological polar surface area (TPSA) is 53.9 Å². The molecule has 0 atom stereocenters. The highest BCUT2D eigenvalue weighted by Gasteiger charge is 2.11. The van der Waals surface area contributed by atoms with E-state index in [4.69, 9.17) is 0 Å². The number of benzene rings is 2. The minimum atomic E-state index is 0.488. The summed E-state index contributed by atoms with van der Waals surface area (Å²) in [5, 5.41) is 11.4. The number of nitrogens with zero attached hydrogens (tertiary/aromatic N) is 4. The minimum absolute atomic E-state index is 0.488. The molecule has 0 aliphatic rings. The predicted molar refractivity (Wildman–Crippen MR) is 98.1 cm³/mol. The summed E-state index contributed by atoms with van der Waals surface area (Å²) in [5.41, 5.74) is 4.47. The second kappa shape index (κ2) is 7.08. The number of hydrogen-bond acceptors (Lipinski definition) is 5. The molecule has 5 heteroatoms. The molecule has 1 N–H and O–H groups in total. The van der Waals surface area contributed by atoms with Gasteiger partial charge in [-0.25, -0.2) is 0 Å². The van der Waals surface area contributed by atoms with Gasteiger partial charge in [0.25, 0.3) is 0 Å². The Balaban J connectivity index is 1.87. The summed E-state index contributed by atoms with van der Waals surface area (Å²) in [6, 6.07) is 16.4. The molecular formula is C19H21N5. The van der Waals surface area contributed by atoms with Crippen molar-refractivity contribution in [3.05, 3.63) is 65.9 Å². The maximum atomic E-state index is 4.61. The zero-order valence-electron chi connectivity index (χ0n) is 14.2. The monoisotopic (exact) mass is 319 g/mol. The van der Waals surface area contributed by atoms with Gasteiger partial charge >= 0.3 is 0 Å². The smallest absolute Gasteiger partial charge is 0.249 e. The van der Waals surface area contributed by atoms with Crippen LogP contribution in [0.3, 0.4) is 0 Å². The van der Waals surface area contributed by atoms with Gasteiger partial charge in [0.1, 0.15) is 0 Å². The first-order valence-electron chi connectivity index (χ1n) is 8.03.